The molecule has 4 N–H and O–H groups in total. The fraction of sp³-hybridized carbons (Fsp3) is 0. The minimum atomic E-state index is -0.446. The highest BCUT2D eigenvalue weighted by atomic mass is 16.1. The number of pyridine rings is 1. The summed E-state index contributed by atoms with van der Waals surface area (Å²) in [5, 5.41) is 1.88. The molecule has 0 spiro atoms. The van der Waals surface area contributed by atoms with Crippen LogP contribution in [0.25, 0.3) is 10.8 Å². The minimum absolute atomic E-state index is 0.236. The topological polar surface area (TPSA) is 94.4 Å². The Balaban J connectivity index is 2.47. The average molecular weight is 214 g/mol. The van der Waals surface area contributed by atoms with Crippen LogP contribution in [-0.2, 0) is 0 Å². The van der Waals surface area contributed by atoms with E-state index in [4.69, 9.17) is 11.5 Å². The van der Waals surface area contributed by atoms with Crippen LogP contribution in [0, 0.1) is 0 Å². The summed E-state index contributed by atoms with van der Waals surface area (Å²) in [6, 6.07) is 7.02. The molecule has 0 saturated carbocycles. The Bertz CT molecular complexity index is 573. The van der Waals surface area contributed by atoms with Gasteiger partial charge in [-0.3, -0.25) is 9.78 Å². The number of aromatic nitrogens is 1. The van der Waals surface area contributed by atoms with Crippen molar-refractivity contribution in [2.75, 3.05) is 0 Å². The Kier molecular flexibility index (Phi) is 2.51. The van der Waals surface area contributed by atoms with E-state index in [9.17, 15) is 4.79 Å². The molecule has 0 unspecified atom stereocenters. The van der Waals surface area contributed by atoms with Crippen molar-refractivity contribution < 1.29 is 4.79 Å². The summed E-state index contributed by atoms with van der Waals surface area (Å²) in [5.74, 6) is -0.682. The first-order valence-electron chi connectivity index (χ1n) is 4.64. The van der Waals surface area contributed by atoms with Gasteiger partial charge in [0.05, 0.1) is 0 Å². The van der Waals surface area contributed by atoms with E-state index in [1.807, 2.05) is 6.07 Å². The predicted octanol–water partition coefficient (Wildman–Crippen LogP) is 0.648. The van der Waals surface area contributed by atoms with Crippen molar-refractivity contribution in [1.82, 2.24) is 4.98 Å². The first-order valence-corrected chi connectivity index (χ1v) is 4.64. The number of nitrogens with two attached hydrogens (primary N) is 2. The number of aliphatic imine (C=N–C) groups is 1. The standard InChI is InChI=1S/C11H10N4O/c12-11(13)15-10(16)8-1-2-9-6-14-4-3-7(9)5-8/h1-6H,(H4,12,13,15,16). The Morgan fingerprint density at radius 2 is 2.00 bits per heavy atom. The van der Waals surface area contributed by atoms with Crippen LogP contribution in [-0.4, -0.2) is 16.9 Å². The Morgan fingerprint density at radius 1 is 1.19 bits per heavy atom. The SMILES string of the molecule is NC(N)=NC(=O)c1ccc2cnccc2c1. The smallest absolute Gasteiger partial charge is 0.280 e. The Morgan fingerprint density at radius 3 is 2.75 bits per heavy atom. The molecule has 5 nitrogen and oxygen atoms in total. The first kappa shape index (κ1) is 10.1. The second-order valence-corrected chi connectivity index (χ2v) is 3.28. The van der Waals surface area contributed by atoms with Gasteiger partial charge in [0.15, 0.2) is 5.96 Å². The van der Waals surface area contributed by atoms with Gasteiger partial charge >= 0.3 is 0 Å². The van der Waals surface area contributed by atoms with E-state index in [-0.39, 0.29) is 5.96 Å². The van der Waals surface area contributed by atoms with Crippen LogP contribution in [0.2, 0.25) is 0 Å². The van der Waals surface area contributed by atoms with Crippen LogP contribution in [0.15, 0.2) is 41.7 Å². The van der Waals surface area contributed by atoms with E-state index < -0.39 is 5.91 Å². The second-order valence-electron chi connectivity index (χ2n) is 3.28. The molecular formula is C11H10N4O. The number of amides is 1. The molecule has 0 saturated heterocycles. The monoisotopic (exact) mass is 214 g/mol. The highest BCUT2D eigenvalue weighted by Crippen LogP contribution is 2.14. The van der Waals surface area contributed by atoms with Crippen molar-refractivity contribution >= 4 is 22.6 Å². The minimum Gasteiger partial charge on any atom is -0.370 e. The van der Waals surface area contributed by atoms with Gasteiger partial charge in [0.2, 0.25) is 0 Å². The molecule has 1 heterocycles. The maximum absolute atomic E-state index is 11.5. The lowest BCUT2D eigenvalue weighted by atomic mass is 10.1. The van der Waals surface area contributed by atoms with Crippen LogP contribution in [0.4, 0.5) is 0 Å². The molecule has 80 valence electrons. The van der Waals surface area contributed by atoms with Crippen LogP contribution >= 0.6 is 0 Å². The molecule has 5 heteroatoms. The van der Waals surface area contributed by atoms with Crippen molar-refractivity contribution in [2.24, 2.45) is 16.5 Å². The molecule has 2 rings (SSSR count). The largest absolute Gasteiger partial charge is 0.370 e. The van der Waals surface area contributed by atoms with E-state index in [1.54, 1.807) is 30.6 Å². The van der Waals surface area contributed by atoms with E-state index >= 15 is 0 Å². The summed E-state index contributed by atoms with van der Waals surface area (Å²) in [6.45, 7) is 0. The Hall–Kier alpha value is -2.43. The third kappa shape index (κ3) is 1.98. The molecule has 16 heavy (non-hydrogen) atoms. The number of rotatable bonds is 1. The molecule has 0 atom stereocenters. The summed E-state index contributed by atoms with van der Waals surface area (Å²) in [7, 11) is 0. The van der Waals surface area contributed by atoms with Crippen LogP contribution in [0.5, 0.6) is 0 Å². The molecule has 2 aromatic rings. The molecule has 0 aliphatic carbocycles. The van der Waals surface area contributed by atoms with E-state index in [0.29, 0.717) is 5.56 Å². The highest BCUT2D eigenvalue weighted by molar-refractivity contribution is 6.04. The summed E-state index contributed by atoms with van der Waals surface area (Å²) in [5.41, 5.74) is 10.7. The van der Waals surface area contributed by atoms with Gasteiger partial charge in [-0.05, 0) is 23.6 Å². The average Bonchev–Trinajstić information content (AvgIpc) is 2.27. The van der Waals surface area contributed by atoms with Crippen molar-refractivity contribution in [1.29, 1.82) is 0 Å². The third-order valence-electron chi connectivity index (χ3n) is 2.12. The van der Waals surface area contributed by atoms with Crippen molar-refractivity contribution in [3.05, 3.63) is 42.2 Å². The van der Waals surface area contributed by atoms with Crippen molar-refractivity contribution in [3.8, 4) is 0 Å². The molecule has 0 fully saturated rings. The zero-order valence-electron chi connectivity index (χ0n) is 8.42. The maximum Gasteiger partial charge on any atom is 0.280 e. The van der Waals surface area contributed by atoms with E-state index in [0.717, 1.165) is 10.8 Å². The number of nitrogens with zero attached hydrogens (tertiary/aromatic N) is 2. The van der Waals surface area contributed by atoms with Gasteiger partial charge in [-0.25, -0.2) is 0 Å². The lowest BCUT2D eigenvalue weighted by molar-refractivity contribution is 0.100. The molecule has 0 aliphatic rings. The second kappa shape index (κ2) is 3.98. The fourth-order valence-electron chi connectivity index (χ4n) is 1.40. The Labute approximate surface area is 91.8 Å². The molecule has 0 radical (unpaired) electrons. The highest BCUT2D eigenvalue weighted by Gasteiger charge is 2.05. The number of carbonyl (C=O) groups is 1. The predicted molar refractivity (Wildman–Crippen MR) is 61.9 cm³/mol. The number of benzene rings is 1. The van der Waals surface area contributed by atoms with Gasteiger partial charge in [0.25, 0.3) is 5.91 Å². The van der Waals surface area contributed by atoms with Gasteiger partial charge in [-0.2, -0.15) is 4.99 Å². The number of fused-ring (bicyclic) bond motifs is 1. The third-order valence-corrected chi connectivity index (χ3v) is 2.12. The van der Waals surface area contributed by atoms with Crippen LogP contribution in [0.3, 0.4) is 0 Å². The quantitative estimate of drug-likeness (QED) is 0.538. The van der Waals surface area contributed by atoms with Gasteiger partial charge in [-0.15, -0.1) is 0 Å². The van der Waals surface area contributed by atoms with Crippen LogP contribution < -0.4 is 11.5 Å². The molecule has 1 aromatic heterocycles. The summed E-state index contributed by atoms with van der Waals surface area (Å²) >= 11 is 0. The zero-order valence-corrected chi connectivity index (χ0v) is 8.42. The number of guanidine groups is 1. The summed E-state index contributed by atoms with van der Waals surface area (Å²) in [4.78, 5) is 19.0. The summed E-state index contributed by atoms with van der Waals surface area (Å²) in [6.07, 6.45) is 3.39. The lowest BCUT2D eigenvalue weighted by Gasteiger charge is -1.99. The molecule has 0 aliphatic heterocycles. The maximum atomic E-state index is 11.5. The zero-order chi connectivity index (χ0) is 11.5. The normalized spacial score (nSPS) is 10.0. The van der Waals surface area contributed by atoms with Crippen LogP contribution in [0.1, 0.15) is 10.4 Å². The number of carbonyl (C=O) groups excluding carboxylic acids is 1. The van der Waals surface area contributed by atoms with Gasteiger partial charge < -0.3 is 11.5 Å². The van der Waals surface area contributed by atoms with Gasteiger partial charge in [0, 0.05) is 23.3 Å². The van der Waals surface area contributed by atoms with E-state index in [1.165, 1.54) is 0 Å². The van der Waals surface area contributed by atoms with Crippen molar-refractivity contribution in [2.45, 2.75) is 0 Å². The number of hydrogen-bond donors (Lipinski definition) is 2. The van der Waals surface area contributed by atoms with E-state index in [2.05, 4.69) is 9.98 Å². The van der Waals surface area contributed by atoms with Gasteiger partial charge in [0.1, 0.15) is 0 Å². The number of hydrogen-bond acceptors (Lipinski definition) is 2. The lowest BCUT2D eigenvalue weighted by Crippen LogP contribution is -2.24. The summed E-state index contributed by atoms with van der Waals surface area (Å²) < 4.78 is 0. The van der Waals surface area contributed by atoms with Crippen molar-refractivity contribution in [3.63, 3.8) is 0 Å². The molecule has 1 amide bonds. The van der Waals surface area contributed by atoms with Gasteiger partial charge in [-0.1, -0.05) is 6.07 Å². The molecule has 1 aromatic carbocycles. The molecular weight excluding hydrogens is 204 g/mol. The fourth-order valence-corrected chi connectivity index (χ4v) is 1.40. The molecule has 0 bridgehead atoms. The first-order chi connectivity index (χ1) is 7.66.